The molecular weight excluding hydrogens is 271 g/mol. The summed E-state index contributed by atoms with van der Waals surface area (Å²) in [4.78, 5) is 0. The van der Waals surface area contributed by atoms with Gasteiger partial charge in [0.1, 0.15) is 0 Å². The number of rotatable bonds is 7. The molecule has 0 aliphatic carbocycles. The molecule has 0 heterocycles. The zero-order chi connectivity index (χ0) is 12.7. The van der Waals surface area contributed by atoms with Crippen LogP contribution in [0, 0.1) is 0 Å². The molecule has 18 heavy (non-hydrogen) atoms. The molecule has 0 aliphatic rings. The molecule has 1 aromatic carbocycles. The third-order valence-electron chi connectivity index (χ3n) is 2.17. The largest absolute Gasteiger partial charge is 1.00 e. The van der Waals surface area contributed by atoms with Crippen LogP contribution >= 0.6 is 0 Å². The fourth-order valence-corrected chi connectivity index (χ4v) is 1.37. The Morgan fingerprint density at radius 1 is 1.11 bits per heavy atom. The topological polar surface area (TPSA) is 18.5 Å². The van der Waals surface area contributed by atoms with Crippen molar-refractivity contribution in [3.8, 4) is 5.75 Å². The van der Waals surface area contributed by atoms with Crippen molar-refractivity contribution < 1.29 is 73.8 Å². The number of ether oxygens (including phenoxy) is 2. The maximum Gasteiger partial charge on any atom is 1.00 e. The predicted molar refractivity (Wildman–Crippen MR) is 61.8 cm³/mol. The van der Waals surface area contributed by atoms with Gasteiger partial charge in [-0.15, -0.1) is 0 Å². The van der Waals surface area contributed by atoms with Gasteiger partial charge in [0.25, 0.3) is 0 Å². The summed E-state index contributed by atoms with van der Waals surface area (Å²) in [7, 11) is 0. The van der Waals surface area contributed by atoms with Crippen LogP contribution < -0.4 is 61.6 Å². The number of para-hydroxylation sites is 1. The molecule has 0 radical (unpaired) electrons. The maximum absolute atomic E-state index is 12.6. The third kappa shape index (κ3) is 6.58. The first kappa shape index (κ1) is 18.5. The van der Waals surface area contributed by atoms with Crippen LogP contribution in [-0.4, -0.2) is 26.8 Å². The van der Waals surface area contributed by atoms with Gasteiger partial charge in [-0.2, -0.15) is 0 Å². The van der Waals surface area contributed by atoms with E-state index in [4.69, 9.17) is 9.47 Å². The summed E-state index contributed by atoms with van der Waals surface area (Å²) >= 11 is 0. The second-order valence-corrected chi connectivity index (χ2v) is 3.51. The van der Waals surface area contributed by atoms with Crippen molar-refractivity contribution in [2.45, 2.75) is 13.3 Å². The minimum atomic E-state index is -5.02. The van der Waals surface area contributed by atoms with Gasteiger partial charge in [0, 0.05) is 19.6 Å². The Kier molecular flexibility index (Phi) is 9.63. The Balaban J connectivity index is 0.00000289. The van der Waals surface area contributed by atoms with Gasteiger partial charge in [-0.1, -0.05) is 23.7 Å². The van der Waals surface area contributed by atoms with Crippen LogP contribution in [0.25, 0.3) is 0 Å². The Labute approximate surface area is 148 Å². The average molecular weight is 286 g/mol. The predicted octanol–water partition coefficient (Wildman–Crippen LogP) is -0.450. The van der Waals surface area contributed by atoms with E-state index in [1.807, 2.05) is 6.92 Å². The molecule has 0 saturated heterocycles. The number of hydrogen-bond acceptors (Lipinski definition) is 2. The first-order valence-electron chi connectivity index (χ1n) is 5.55. The fraction of sp³-hybridized carbons (Fsp3) is 0.455. The second-order valence-electron chi connectivity index (χ2n) is 3.51. The molecule has 2 nitrogen and oxygen atoms in total. The van der Waals surface area contributed by atoms with E-state index < -0.39 is 12.4 Å². The summed E-state index contributed by atoms with van der Waals surface area (Å²) < 4.78 is 48.1. The molecule has 96 valence electrons. The molecule has 1 rings (SSSR count). The third-order valence-corrected chi connectivity index (χ3v) is 2.17. The molecule has 0 spiro atoms. The van der Waals surface area contributed by atoms with E-state index in [9.17, 15) is 12.9 Å². The molecule has 0 amide bonds. The van der Waals surface area contributed by atoms with Crippen molar-refractivity contribution in [1.29, 1.82) is 0 Å². The smallest absolute Gasteiger partial charge is 0.496 e. The SMILES string of the molecule is CCOCCCOc1ccccc1[B-](F)(F)F.[K+]. The van der Waals surface area contributed by atoms with E-state index in [1.165, 1.54) is 18.2 Å². The normalized spacial score (nSPS) is 10.9. The van der Waals surface area contributed by atoms with E-state index in [2.05, 4.69) is 0 Å². The molecular formula is C11H15BF3KO2. The molecule has 0 N–H and O–H groups in total. The zero-order valence-electron chi connectivity index (χ0n) is 10.7. The molecule has 0 aliphatic heterocycles. The summed E-state index contributed by atoms with van der Waals surface area (Å²) in [5.74, 6) is -0.100. The quantitative estimate of drug-likeness (QED) is 0.499. The van der Waals surface area contributed by atoms with Crippen molar-refractivity contribution >= 4 is 12.4 Å². The van der Waals surface area contributed by atoms with Crippen molar-refractivity contribution in [1.82, 2.24) is 0 Å². The van der Waals surface area contributed by atoms with Crippen LogP contribution in [0.1, 0.15) is 13.3 Å². The van der Waals surface area contributed by atoms with Gasteiger partial charge >= 0.3 is 58.4 Å². The first-order valence-corrected chi connectivity index (χ1v) is 5.55. The van der Waals surface area contributed by atoms with Gasteiger partial charge in [-0.3, -0.25) is 0 Å². The molecule has 0 unspecified atom stereocenters. The van der Waals surface area contributed by atoms with Crippen LogP contribution in [0.15, 0.2) is 24.3 Å². The zero-order valence-corrected chi connectivity index (χ0v) is 13.8. The Morgan fingerprint density at radius 3 is 2.39 bits per heavy atom. The van der Waals surface area contributed by atoms with Crippen molar-refractivity contribution in [3.63, 3.8) is 0 Å². The van der Waals surface area contributed by atoms with Crippen LogP contribution in [0.2, 0.25) is 0 Å². The molecule has 0 atom stereocenters. The molecule has 1 aromatic rings. The number of halogens is 3. The van der Waals surface area contributed by atoms with Gasteiger partial charge in [0.05, 0.1) is 12.4 Å². The number of hydrogen-bond donors (Lipinski definition) is 0. The first-order chi connectivity index (χ1) is 8.05. The van der Waals surface area contributed by atoms with Crippen LogP contribution in [-0.2, 0) is 4.74 Å². The standard InChI is InChI=1S/C11H15BF3O2.K/c1-2-16-8-5-9-17-11-7-4-3-6-10(11)12(13,14)15;/h3-4,6-7H,2,5,8-9H2,1H3;/q-1;+1. The van der Waals surface area contributed by atoms with Crippen molar-refractivity contribution in [3.05, 3.63) is 24.3 Å². The molecule has 0 fully saturated rings. The van der Waals surface area contributed by atoms with Gasteiger partial charge in [-0.25, -0.2) is 0 Å². The van der Waals surface area contributed by atoms with E-state index in [0.717, 1.165) is 6.07 Å². The summed E-state index contributed by atoms with van der Waals surface area (Å²) in [6.07, 6.45) is 0.576. The number of benzene rings is 1. The van der Waals surface area contributed by atoms with E-state index >= 15 is 0 Å². The summed E-state index contributed by atoms with van der Waals surface area (Å²) in [6.45, 7) is -1.84. The Morgan fingerprint density at radius 2 is 1.78 bits per heavy atom. The fourth-order valence-electron chi connectivity index (χ4n) is 1.37. The van der Waals surface area contributed by atoms with Crippen molar-refractivity contribution in [2.75, 3.05) is 19.8 Å². The van der Waals surface area contributed by atoms with Crippen LogP contribution in [0.4, 0.5) is 12.9 Å². The van der Waals surface area contributed by atoms with E-state index in [-0.39, 0.29) is 63.7 Å². The Hall–Kier alpha value is 0.471. The van der Waals surface area contributed by atoms with Gasteiger partial charge < -0.3 is 22.4 Å². The van der Waals surface area contributed by atoms with Crippen LogP contribution in [0.3, 0.4) is 0 Å². The minimum absolute atomic E-state index is 0. The molecule has 0 aromatic heterocycles. The molecule has 0 saturated carbocycles. The molecule has 7 heteroatoms. The second kappa shape index (κ2) is 9.39. The van der Waals surface area contributed by atoms with Gasteiger partial charge in [-0.05, 0) is 13.0 Å². The Bertz CT molecular complexity index is 347. The minimum Gasteiger partial charge on any atom is -0.496 e. The molecule has 0 bridgehead atoms. The maximum atomic E-state index is 12.6. The monoisotopic (exact) mass is 286 g/mol. The van der Waals surface area contributed by atoms with Crippen LogP contribution in [0.5, 0.6) is 5.75 Å². The van der Waals surface area contributed by atoms with E-state index in [1.54, 1.807) is 0 Å². The average Bonchev–Trinajstić information content (AvgIpc) is 2.28. The summed E-state index contributed by atoms with van der Waals surface area (Å²) in [6, 6.07) is 5.27. The van der Waals surface area contributed by atoms with Gasteiger partial charge in [0.2, 0.25) is 0 Å². The van der Waals surface area contributed by atoms with Crippen molar-refractivity contribution in [2.24, 2.45) is 0 Å². The van der Waals surface area contributed by atoms with E-state index in [0.29, 0.717) is 19.6 Å². The van der Waals surface area contributed by atoms with Gasteiger partial charge in [0.15, 0.2) is 0 Å². The summed E-state index contributed by atoms with van der Waals surface area (Å²) in [5, 5.41) is 0. The summed E-state index contributed by atoms with van der Waals surface area (Å²) in [5.41, 5.74) is -0.677.